The normalized spacial score (nSPS) is 16.2. The molecule has 3 rings (SSSR count). The molecule has 1 aliphatic heterocycles. The Morgan fingerprint density at radius 3 is 1.51 bits per heavy atom. The van der Waals surface area contributed by atoms with Gasteiger partial charge in [-0.15, -0.1) is 0 Å². The molecular weight excluding hydrogens is 550 g/mol. The molecule has 11 nitrogen and oxygen atoms in total. The van der Waals surface area contributed by atoms with Crippen LogP contribution in [0.4, 0.5) is 0 Å². The fourth-order valence-electron chi connectivity index (χ4n) is 5.59. The van der Waals surface area contributed by atoms with Crippen LogP contribution in [-0.4, -0.2) is 118 Å². The molecule has 0 aromatic heterocycles. The zero-order valence-electron chi connectivity index (χ0n) is 25.9. The second-order valence-electron chi connectivity index (χ2n) is 11.8. The highest BCUT2D eigenvalue weighted by Crippen LogP contribution is 2.28. The maximum absolute atomic E-state index is 11.1. The summed E-state index contributed by atoms with van der Waals surface area (Å²) in [5, 5.41) is 69.4. The van der Waals surface area contributed by atoms with Crippen molar-refractivity contribution in [3.63, 3.8) is 0 Å². The number of nitrogens with zero attached hydrogens (tertiary/aromatic N) is 2. The van der Waals surface area contributed by atoms with E-state index in [0.29, 0.717) is 26.2 Å². The maximum atomic E-state index is 11.1. The second-order valence-corrected chi connectivity index (χ2v) is 11.8. The second kappa shape index (κ2) is 18.5. The average molecular weight is 604 g/mol. The highest BCUT2D eigenvalue weighted by Gasteiger charge is 2.18. The lowest BCUT2D eigenvalue weighted by atomic mass is 10.0. The lowest BCUT2D eigenvalue weighted by molar-refractivity contribution is 0.169. The monoisotopic (exact) mass is 603 g/mol. The van der Waals surface area contributed by atoms with Crippen LogP contribution in [0, 0.1) is 13.8 Å². The largest absolute Gasteiger partial charge is 0.507 e. The van der Waals surface area contributed by atoms with Crippen molar-refractivity contribution in [2.45, 2.75) is 65.0 Å². The Kier molecular flexibility index (Phi) is 15.1. The number of aliphatic hydroxyl groups is 4. The molecule has 242 valence electrons. The van der Waals surface area contributed by atoms with Gasteiger partial charge in [-0.05, 0) is 52.9 Å². The van der Waals surface area contributed by atoms with Crippen molar-refractivity contribution in [2.24, 2.45) is 0 Å². The number of phenolic OH excluding ortho intramolecular Hbond substituents is 2. The molecule has 0 amide bonds. The summed E-state index contributed by atoms with van der Waals surface area (Å²) in [6.45, 7) is 10.5. The van der Waals surface area contributed by atoms with Crippen LogP contribution in [0.5, 0.6) is 11.5 Å². The number of hydrogen-bond acceptors (Lipinski definition) is 11. The molecule has 0 spiro atoms. The van der Waals surface area contributed by atoms with E-state index in [2.05, 4.69) is 25.8 Å². The minimum atomic E-state index is -0.432. The summed E-state index contributed by atoms with van der Waals surface area (Å²) >= 11 is 0. The minimum absolute atomic E-state index is 0.174. The molecule has 11 heteroatoms. The van der Waals surface area contributed by atoms with Crippen LogP contribution in [0.15, 0.2) is 24.3 Å². The maximum Gasteiger partial charge on any atom is 0.124 e. The smallest absolute Gasteiger partial charge is 0.124 e. The molecule has 43 heavy (non-hydrogen) atoms. The highest BCUT2D eigenvalue weighted by molar-refractivity contribution is 5.44. The Morgan fingerprint density at radius 2 is 1.05 bits per heavy atom. The van der Waals surface area contributed by atoms with Gasteiger partial charge in [0.05, 0.1) is 38.5 Å². The van der Waals surface area contributed by atoms with Gasteiger partial charge in [-0.3, -0.25) is 9.80 Å². The molecule has 0 saturated carbocycles. The first-order valence-corrected chi connectivity index (χ1v) is 15.5. The minimum Gasteiger partial charge on any atom is -0.507 e. The molecule has 2 aromatic rings. The topological polar surface area (TPSA) is 164 Å². The first kappa shape index (κ1) is 35.2. The van der Waals surface area contributed by atoms with Crippen molar-refractivity contribution in [2.75, 3.05) is 65.7 Å². The van der Waals surface area contributed by atoms with Gasteiger partial charge in [-0.1, -0.05) is 35.4 Å². The Hall–Kier alpha value is -2.32. The summed E-state index contributed by atoms with van der Waals surface area (Å²) < 4.78 is 0. The Balaban J connectivity index is 1.66. The molecule has 1 aliphatic rings. The zero-order chi connectivity index (χ0) is 31.2. The van der Waals surface area contributed by atoms with Gasteiger partial charge in [0.15, 0.2) is 0 Å². The quantitative estimate of drug-likeness (QED) is 0.146. The van der Waals surface area contributed by atoms with Crippen molar-refractivity contribution in [1.29, 1.82) is 0 Å². The fraction of sp³-hybridized carbons (Fsp3) is 0.625. The average Bonchev–Trinajstić information content (AvgIpc) is 3.04. The van der Waals surface area contributed by atoms with Gasteiger partial charge >= 0.3 is 0 Å². The molecular formula is C32H53N5O6. The molecule has 2 aromatic carbocycles. The number of rotatable bonds is 14. The van der Waals surface area contributed by atoms with E-state index >= 15 is 0 Å². The summed E-state index contributed by atoms with van der Waals surface area (Å²) in [4.78, 5) is 4.74. The summed E-state index contributed by atoms with van der Waals surface area (Å²) in [6, 6.07) is 7.06. The summed E-state index contributed by atoms with van der Waals surface area (Å²) in [5.41, 5.74) is 5.34. The molecule has 0 atom stereocenters. The fourth-order valence-corrected chi connectivity index (χ4v) is 5.59. The molecule has 0 aliphatic carbocycles. The third-order valence-electron chi connectivity index (χ3n) is 8.04. The van der Waals surface area contributed by atoms with Crippen molar-refractivity contribution >= 4 is 0 Å². The van der Waals surface area contributed by atoms with Crippen LogP contribution in [0.3, 0.4) is 0 Å². The Morgan fingerprint density at radius 1 is 0.628 bits per heavy atom. The number of nitrogens with one attached hydrogen (secondary N) is 3. The van der Waals surface area contributed by atoms with Crippen LogP contribution in [0.1, 0.15) is 46.2 Å². The first-order valence-electron chi connectivity index (χ1n) is 15.5. The van der Waals surface area contributed by atoms with E-state index in [0.717, 1.165) is 85.5 Å². The van der Waals surface area contributed by atoms with Crippen LogP contribution < -0.4 is 16.0 Å². The number of hydrogen-bond donors (Lipinski definition) is 9. The van der Waals surface area contributed by atoms with Gasteiger partial charge in [0.1, 0.15) is 11.5 Å². The van der Waals surface area contributed by atoms with Crippen LogP contribution >= 0.6 is 0 Å². The number of benzene rings is 2. The third-order valence-corrected chi connectivity index (χ3v) is 8.04. The standard InChI is InChI=1S/C32H53N5O6/c1-23-11-25(15-34-29(19-38)20-39)31(42)27(13-23)17-36-7-3-5-33-6-10-37(9-4-8-36)18-28-14-24(2)12-26(32(28)43)16-35-30(21-40)22-41/h11-14,29-30,33-35,38-43H,3-10,15-22H2,1-2H3. The first-order chi connectivity index (χ1) is 20.8. The third kappa shape index (κ3) is 11.3. The van der Waals surface area contributed by atoms with Gasteiger partial charge in [0, 0.05) is 61.5 Å². The van der Waals surface area contributed by atoms with E-state index in [1.54, 1.807) is 0 Å². The van der Waals surface area contributed by atoms with Gasteiger partial charge in [-0.25, -0.2) is 0 Å². The molecule has 0 bridgehead atoms. The van der Waals surface area contributed by atoms with E-state index in [1.165, 1.54) is 0 Å². The molecule has 1 heterocycles. The van der Waals surface area contributed by atoms with E-state index in [1.807, 2.05) is 38.1 Å². The molecule has 0 unspecified atom stereocenters. The van der Waals surface area contributed by atoms with E-state index in [4.69, 9.17) is 0 Å². The number of aliphatic hydroxyl groups excluding tert-OH is 4. The Bertz CT molecular complexity index is 1030. The van der Waals surface area contributed by atoms with E-state index in [-0.39, 0.29) is 37.9 Å². The van der Waals surface area contributed by atoms with Crippen molar-refractivity contribution in [3.8, 4) is 11.5 Å². The Labute approximate surface area is 256 Å². The highest BCUT2D eigenvalue weighted by atomic mass is 16.3. The molecule has 1 saturated heterocycles. The van der Waals surface area contributed by atoms with Crippen molar-refractivity contribution in [1.82, 2.24) is 25.8 Å². The van der Waals surface area contributed by atoms with Crippen LogP contribution in [-0.2, 0) is 26.2 Å². The lowest BCUT2D eigenvalue weighted by Gasteiger charge is -2.26. The van der Waals surface area contributed by atoms with Gasteiger partial charge in [0.2, 0.25) is 0 Å². The van der Waals surface area contributed by atoms with E-state index < -0.39 is 12.1 Å². The van der Waals surface area contributed by atoms with Gasteiger partial charge in [-0.2, -0.15) is 0 Å². The predicted molar refractivity (Wildman–Crippen MR) is 168 cm³/mol. The van der Waals surface area contributed by atoms with Crippen LogP contribution in [0.25, 0.3) is 0 Å². The number of phenols is 2. The van der Waals surface area contributed by atoms with E-state index in [9.17, 15) is 30.6 Å². The summed E-state index contributed by atoms with van der Waals surface area (Å²) in [5.74, 6) is 0.507. The van der Waals surface area contributed by atoms with Gasteiger partial charge < -0.3 is 46.6 Å². The SMILES string of the molecule is Cc1cc(CNC(CO)CO)c(O)c(CN2CCCNCCN(Cc3cc(C)cc(CNC(CO)CO)c3O)CCC2)c1. The van der Waals surface area contributed by atoms with Crippen molar-refractivity contribution < 1.29 is 30.6 Å². The zero-order valence-corrected chi connectivity index (χ0v) is 25.9. The van der Waals surface area contributed by atoms with Crippen LogP contribution in [0.2, 0.25) is 0 Å². The predicted octanol–water partition coefficient (Wildman–Crippen LogP) is 0.288. The number of aromatic hydroxyl groups is 2. The molecule has 9 N–H and O–H groups in total. The number of aryl methyl sites for hydroxylation is 2. The molecule has 0 radical (unpaired) electrons. The molecule has 1 fully saturated rings. The van der Waals surface area contributed by atoms with Gasteiger partial charge in [0.25, 0.3) is 0 Å². The summed E-state index contributed by atoms with van der Waals surface area (Å²) in [7, 11) is 0. The lowest BCUT2D eigenvalue weighted by Crippen LogP contribution is -2.35. The van der Waals surface area contributed by atoms with Crippen molar-refractivity contribution in [3.05, 3.63) is 57.6 Å². The summed E-state index contributed by atoms with van der Waals surface area (Å²) in [6.07, 6.45) is 1.93.